The SMILES string of the molecule is CC[SiH](CCl)c1ccccc1. The molecule has 0 bridgehead atoms. The Balaban J connectivity index is 2.74. The Kier molecular flexibility index (Phi) is 3.67. The molecule has 1 aromatic carbocycles. The van der Waals surface area contributed by atoms with Crippen LogP contribution >= 0.6 is 11.6 Å². The summed E-state index contributed by atoms with van der Waals surface area (Å²) in [5.74, 6) is 0. The molecule has 0 nitrogen and oxygen atoms in total. The van der Waals surface area contributed by atoms with Gasteiger partial charge in [-0.3, -0.25) is 0 Å². The molecule has 1 unspecified atom stereocenters. The smallest absolute Gasteiger partial charge is 0.0864 e. The molecule has 1 atom stereocenters. The summed E-state index contributed by atoms with van der Waals surface area (Å²) in [5.41, 5.74) is 0.862. The zero-order valence-electron chi connectivity index (χ0n) is 6.76. The van der Waals surface area contributed by atoms with Gasteiger partial charge < -0.3 is 0 Å². The van der Waals surface area contributed by atoms with Gasteiger partial charge in [0.2, 0.25) is 0 Å². The Bertz CT molecular complexity index is 194. The summed E-state index contributed by atoms with van der Waals surface area (Å²) < 4.78 is 0. The summed E-state index contributed by atoms with van der Waals surface area (Å²) >= 11 is 5.86. The minimum atomic E-state index is -0.785. The largest absolute Gasteiger partial charge is 0.130 e. The lowest BCUT2D eigenvalue weighted by molar-refractivity contribution is 1.42. The van der Waals surface area contributed by atoms with Gasteiger partial charge in [0, 0.05) is 5.50 Å². The third-order valence-electron chi connectivity index (χ3n) is 1.95. The highest BCUT2D eigenvalue weighted by molar-refractivity contribution is 6.78. The van der Waals surface area contributed by atoms with E-state index in [1.54, 1.807) is 0 Å². The molecular formula is C9H13ClSi. The van der Waals surface area contributed by atoms with E-state index in [9.17, 15) is 0 Å². The molecule has 0 radical (unpaired) electrons. The predicted octanol–water partition coefficient (Wildman–Crippen LogP) is 1.92. The zero-order chi connectivity index (χ0) is 8.10. The van der Waals surface area contributed by atoms with Crippen LogP contribution < -0.4 is 5.19 Å². The van der Waals surface area contributed by atoms with Crippen molar-refractivity contribution >= 4 is 25.6 Å². The second-order valence-electron chi connectivity index (χ2n) is 2.67. The van der Waals surface area contributed by atoms with Gasteiger partial charge in [0.15, 0.2) is 0 Å². The quantitative estimate of drug-likeness (QED) is 0.498. The first-order valence-corrected chi connectivity index (χ1v) is 6.74. The second kappa shape index (κ2) is 4.57. The summed E-state index contributed by atoms with van der Waals surface area (Å²) in [5, 5.41) is 1.49. The van der Waals surface area contributed by atoms with Crippen molar-refractivity contribution in [3.8, 4) is 0 Å². The topological polar surface area (TPSA) is 0 Å². The van der Waals surface area contributed by atoms with E-state index in [0.29, 0.717) is 0 Å². The standard InChI is InChI=1S/C9H13ClSi/c1-2-11(8-10)9-6-4-3-5-7-9/h3-7,11H,2,8H2,1H3. The van der Waals surface area contributed by atoms with E-state index < -0.39 is 8.80 Å². The highest BCUT2D eigenvalue weighted by atomic mass is 35.5. The molecule has 60 valence electrons. The third kappa shape index (κ3) is 2.35. The molecule has 2 heteroatoms. The third-order valence-corrected chi connectivity index (χ3v) is 5.75. The van der Waals surface area contributed by atoms with E-state index in [1.165, 1.54) is 11.2 Å². The van der Waals surface area contributed by atoms with E-state index in [-0.39, 0.29) is 0 Å². The molecule has 0 aromatic heterocycles. The van der Waals surface area contributed by atoms with Gasteiger partial charge in [-0.05, 0) is 0 Å². The van der Waals surface area contributed by atoms with Crippen LogP contribution in [0.25, 0.3) is 0 Å². The van der Waals surface area contributed by atoms with Crippen molar-refractivity contribution in [3.05, 3.63) is 30.3 Å². The van der Waals surface area contributed by atoms with Crippen LogP contribution in [0.1, 0.15) is 6.92 Å². The summed E-state index contributed by atoms with van der Waals surface area (Å²) in [4.78, 5) is 0. The van der Waals surface area contributed by atoms with Crippen LogP contribution in [0.5, 0.6) is 0 Å². The van der Waals surface area contributed by atoms with Crippen LogP contribution in [0.2, 0.25) is 6.04 Å². The Morgan fingerprint density at radius 3 is 2.36 bits per heavy atom. The lowest BCUT2D eigenvalue weighted by Gasteiger charge is -2.08. The fraction of sp³-hybridized carbons (Fsp3) is 0.333. The number of benzene rings is 1. The molecule has 0 spiro atoms. The zero-order valence-corrected chi connectivity index (χ0v) is 8.67. The monoisotopic (exact) mass is 184 g/mol. The maximum Gasteiger partial charge on any atom is 0.0864 e. The lowest BCUT2D eigenvalue weighted by atomic mass is 10.4. The van der Waals surface area contributed by atoms with Gasteiger partial charge >= 0.3 is 0 Å². The second-order valence-corrected chi connectivity index (χ2v) is 6.78. The minimum Gasteiger partial charge on any atom is -0.130 e. The van der Waals surface area contributed by atoms with E-state index >= 15 is 0 Å². The molecule has 1 rings (SSSR count). The molecule has 11 heavy (non-hydrogen) atoms. The van der Waals surface area contributed by atoms with Gasteiger partial charge in [0.1, 0.15) is 0 Å². The first-order chi connectivity index (χ1) is 5.38. The van der Waals surface area contributed by atoms with E-state index in [1.807, 2.05) is 0 Å². The fourth-order valence-electron chi connectivity index (χ4n) is 1.16. The molecule has 0 amide bonds. The Morgan fingerprint density at radius 2 is 1.91 bits per heavy atom. The lowest BCUT2D eigenvalue weighted by Crippen LogP contribution is -2.30. The number of hydrogen-bond acceptors (Lipinski definition) is 0. The Morgan fingerprint density at radius 1 is 1.27 bits per heavy atom. The van der Waals surface area contributed by atoms with Crippen molar-refractivity contribution in [1.29, 1.82) is 0 Å². The summed E-state index contributed by atoms with van der Waals surface area (Å²) in [6.07, 6.45) is 0. The van der Waals surface area contributed by atoms with Gasteiger partial charge in [0.25, 0.3) is 0 Å². The number of alkyl halides is 1. The molecule has 0 saturated heterocycles. The van der Waals surface area contributed by atoms with Crippen molar-refractivity contribution in [2.45, 2.75) is 13.0 Å². The highest BCUT2D eigenvalue weighted by Crippen LogP contribution is 1.96. The van der Waals surface area contributed by atoms with Crippen molar-refractivity contribution in [2.75, 3.05) is 5.50 Å². The average molecular weight is 185 g/mol. The summed E-state index contributed by atoms with van der Waals surface area (Å²) in [6, 6.07) is 11.9. The van der Waals surface area contributed by atoms with Crippen molar-refractivity contribution < 1.29 is 0 Å². The summed E-state index contributed by atoms with van der Waals surface area (Å²) in [6.45, 7) is 2.23. The number of halogens is 1. The maximum atomic E-state index is 5.86. The first-order valence-electron chi connectivity index (χ1n) is 3.99. The van der Waals surface area contributed by atoms with Crippen LogP contribution in [0, 0.1) is 0 Å². The minimum absolute atomic E-state index is 0.785. The van der Waals surface area contributed by atoms with E-state index in [0.717, 1.165) is 5.50 Å². The Labute approximate surface area is 74.8 Å². The molecule has 0 N–H and O–H groups in total. The normalized spacial score (nSPS) is 12.9. The fourth-order valence-corrected chi connectivity index (χ4v) is 3.98. The molecule has 0 heterocycles. The van der Waals surface area contributed by atoms with E-state index in [4.69, 9.17) is 11.6 Å². The molecule has 0 aliphatic rings. The predicted molar refractivity (Wildman–Crippen MR) is 54.4 cm³/mol. The summed E-state index contributed by atoms with van der Waals surface area (Å²) in [7, 11) is -0.785. The van der Waals surface area contributed by atoms with Crippen molar-refractivity contribution in [2.24, 2.45) is 0 Å². The number of rotatable bonds is 3. The van der Waals surface area contributed by atoms with Gasteiger partial charge in [0.05, 0.1) is 8.80 Å². The first kappa shape index (κ1) is 8.82. The van der Waals surface area contributed by atoms with Crippen molar-refractivity contribution in [1.82, 2.24) is 0 Å². The molecule has 0 aliphatic carbocycles. The van der Waals surface area contributed by atoms with Gasteiger partial charge in [-0.2, -0.15) is 0 Å². The van der Waals surface area contributed by atoms with Crippen LogP contribution in [0.3, 0.4) is 0 Å². The van der Waals surface area contributed by atoms with Crippen LogP contribution in [-0.4, -0.2) is 14.3 Å². The number of hydrogen-bond donors (Lipinski definition) is 0. The van der Waals surface area contributed by atoms with E-state index in [2.05, 4.69) is 37.3 Å². The van der Waals surface area contributed by atoms with Crippen molar-refractivity contribution in [3.63, 3.8) is 0 Å². The highest BCUT2D eigenvalue weighted by Gasteiger charge is 2.07. The van der Waals surface area contributed by atoms with Gasteiger partial charge in [-0.1, -0.05) is 48.5 Å². The Hall–Kier alpha value is -0.273. The molecular weight excluding hydrogens is 172 g/mol. The average Bonchev–Trinajstić information content (AvgIpc) is 2.09. The molecule has 0 saturated carbocycles. The van der Waals surface area contributed by atoms with Crippen LogP contribution in [0.15, 0.2) is 30.3 Å². The van der Waals surface area contributed by atoms with Crippen LogP contribution in [-0.2, 0) is 0 Å². The van der Waals surface area contributed by atoms with Gasteiger partial charge in [-0.25, -0.2) is 0 Å². The van der Waals surface area contributed by atoms with Crippen LogP contribution in [0.4, 0.5) is 0 Å². The maximum absolute atomic E-state index is 5.86. The molecule has 1 aromatic rings. The molecule has 0 aliphatic heterocycles. The molecule has 0 fully saturated rings. The van der Waals surface area contributed by atoms with Gasteiger partial charge in [-0.15, -0.1) is 11.6 Å².